The van der Waals surface area contributed by atoms with E-state index in [9.17, 15) is 9.59 Å². The van der Waals surface area contributed by atoms with Crippen molar-refractivity contribution in [1.82, 2.24) is 4.98 Å². The third kappa shape index (κ3) is 3.24. The van der Waals surface area contributed by atoms with Gasteiger partial charge in [0.05, 0.1) is 0 Å². The highest BCUT2D eigenvalue weighted by molar-refractivity contribution is 6.04. The van der Waals surface area contributed by atoms with Gasteiger partial charge in [-0.05, 0) is 36.2 Å². The summed E-state index contributed by atoms with van der Waals surface area (Å²) in [5.74, 6) is 0.0500. The summed E-state index contributed by atoms with van der Waals surface area (Å²) in [5.41, 5.74) is 3.45. The molecule has 0 amide bonds. The van der Waals surface area contributed by atoms with Crippen LogP contribution in [0, 0.1) is 0 Å². The molecule has 0 aliphatic rings. The van der Waals surface area contributed by atoms with Gasteiger partial charge in [-0.25, -0.2) is 0 Å². The molecule has 2 aromatic carbocycles. The van der Waals surface area contributed by atoms with E-state index in [0.29, 0.717) is 5.56 Å². The number of carbonyl (C=O) groups is 2. The van der Waals surface area contributed by atoms with Gasteiger partial charge < -0.3 is 4.98 Å². The number of carbonyl (C=O) groups excluding carboxylic acids is 2. The third-order valence-electron chi connectivity index (χ3n) is 4.15. The van der Waals surface area contributed by atoms with E-state index >= 15 is 0 Å². The molecule has 3 nitrogen and oxygen atoms in total. The highest BCUT2D eigenvalue weighted by Crippen LogP contribution is 2.18. The normalized spacial score (nSPS) is 10.8. The lowest BCUT2D eigenvalue weighted by molar-refractivity contribution is 0.0917. The van der Waals surface area contributed by atoms with Gasteiger partial charge in [-0.15, -0.1) is 0 Å². The largest absolute Gasteiger partial charge is 0.361 e. The number of hydrogen-bond acceptors (Lipinski definition) is 2. The van der Waals surface area contributed by atoms with Crippen molar-refractivity contribution in [3.05, 3.63) is 71.4 Å². The summed E-state index contributed by atoms with van der Waals surface area (Å²) in [6.07, 6.45) is 3.16. The Morgan fingerprint density at radius 3 is 2.57 bits per heavy atom. The van der Waals surface area contributed by atoms with Crippen LogP contribution in [0.2, 0.25) is 0 Å². The van der Waals surface area contributed by atoms with E-state index in [1.54, 1.807) is 0 Å². The van der Waals surface area contributed by atoms with Crippen LogP contribution in [0.25, 0.3) is 10.9 Å². The fourth-order valence-corrected chi connectivity index (χ4v) is 2.83. The van der Waals surface area contributed by atoms with Gasteiger partial charge in [-0.2, -0.15) is 0 Å². The van der Waals surface area contributed by atoms with Crippen molar-refractivity contribution in [3.63, 3.8) is 0 Å². The maximum atomic E-state index is 12.4. The van der Waals surface area contributed by atoms with Crippen molar-refractivity contribution >= 4 is 22.5 Å². The Kier molecular flexibility index (Phi) is 4.38. The molecular weight excluding hydrogens is 286 g/mol. The van der Waals surface area contributed by atoms with Gasteiger partial charge in [0, 0.05) is 41.1 Å². The molecule has 0 radical (unpaired) electrons. The van der Waals surface area contributed by atoms with Gasteiger partial charge in [0.15, 0.2) is 11.6 Å². The van der Waals surface area contributed by atoms with Crippen molar-refractivity contribution in [3.8, 4) is 0 Å². The monoisotopic (exact) mass is 305 g/mol. The van der Waals surface area contributed by atoms with Gasteiger partial charge >= 0.3 is 0 Å². The Morgan fingerprint density at radius 1 is 0.957 bits per heavy atom. The number of benzene rings is 2. The summed E-state index contributed by atoms with van der Waals surface area (Å²) in [4.78, 5) is 27.8. The molecular formula is C20H19NO2. The molecule has 0 aliphatic carbocycles. The second-order valence-corrected chi connectivity index (χ2v) is 5.64. The third-order valence-corrected chi connectivity index (χ3v) is 4.15. The number of aromatic nitrogens is 1. The molecule has 3 aromatic rings. The Bertz CT molecular complexity index is 861. The second kappa shape index (κ2) is 6.61. The van der Waals surface area contributed by atoms with Gasteiger partial charge in [0.25, 0.3) is 0 Å². The molecule has 1 aromatic heterocycles. The van der Waals surface area contributed by atoms with Crippen LogP contribution in [-0.2, 0) is 6.42 Å². The predicted molar refractivity (Wildman–Crippen MR) is 92.0 cm³/mol. The molecule has 0 spiro atoms. The maximum absolute atomic E-state index is 12.4. The minimum absolute atomic E-state index is 0.00966. The summed E-state index contributed by atoms with van der Waals surface area (Å²) in [6.45, 7) is 2.03. The summed E-state index contributed by atoms with van der Waals surface area (Å²) in [6, 6.07) is 15.1. The molecule has 3 rings (SSSR count). The molecule has 0 saturated heterocycles. The first kappa shape index (κ1) is 15.2. The summed E-state index contributed by atoms with van der Waals surface area (Å²) in [5, 5.41) is 1.01. The van der Waals surface area contributed by atoms with Crippen LogP contribution < -0.4 is 0 Å². The van der Waals surface area contributed by atoms with Crippen molar-refractivity contribution in [2.24, 2.45) is 0 Å². The van der Waals surface area contributed by atoms with Crippen molar-refractivity contribution in [1.29, 1.82) is 0 Å². The van der Waals surface area contributed by atoms with E-state index < -0.39 is 0 Å². The number of hydrogen-bond donors (Lipinski definition) is 1. The van der Waals surface area contributed by atoms with Crippen LogP contribution >= 0.6 is 0 Å². The Labute approximate surface area is 135 Å². The van der Waals surface area contributed by atoms with Crippen LogP contribution in [-0.4, -0.2) is 16.6 Å². The molecule has 0 atom stereocenters. The number of fused-ring (bicyclic) bond motifs is 1. The second-order valence-electron chi connectivity index (χ2n) is 5.64. The van der Waals surface area contributed by atoms with E-state index in [2.05, 4.69) is 4.98 Å². The lowest BCUT2D eigenvalue weighted by atomic mass is 9.97. The molecule has 0 fully saturated rings. The number of rotatable bonds is 6. The Balaban J connectivity index is 1.69. The molecule has 1 heterocycles. The van der Waals surface area contributed by atoms with Crippen molar-refractivity contribution < 1.29 is 9.59 Å². The maximum Gasteiger partial charge on any atom is 0.163 e. The molecule has 3 heteroatoms. The first-order chi connectivity index (χ1) is 11.2. The highest BCUT2D eigenvalue weighted by Gasteiger charge is 2.13. The number of nitrogens with one attached hydrogen (secondary N) is 1. The highest BCUT2D eigenvalue weighted by atomic mass is 16.1. The van der Waals surface area contributed by atoms with Crippen molar-refractivity contribution in [2.45, 2.75) is 26.2 Å². The fraction of sp³-hybridized carbons (Fsp3) is 0.200. The number of ketones is 2. The zero-order valence-corrected chi connectivity index (χ0v) is 13.1. The van der Waals surface area contributed by atoms with E-state index in [4.69, 9.17) is 0 Å². The smallest absolute Gasteiger partial charge is 0.163 e. The molecule has 0 bridgehead atoms. The first-order valence-corrected chi connectivity index (χ1v) is 7.90. The number of Topliss-reactive ketones (excluding diaryl/α,β-unsaturated/α-hetero) is 2. The van der Waals surface area contributed by atoms with Crippen LogP contribution in [0.4, 0.5) is 0 Å². The van der Waals surface area contributed by atoms with Crippen LogP contribution in [0.3, 0.4) is 0 Å². The standard InChI is InChI=1S/C20H19NO2/c1-2-14-5-3-4-6-17(14)20(23)10-9-19(22)16-7-8-18-15(13-16)11-12-21-18/h3-8,11-13,21H,2,9-10H2,1H3. The minimum atomic E-state index is 0.00966. The van der Waals surface area contributed by atoms with Crippen LogP contribution in [0.1, 0.15) is 46.0 Å². The van der Waals surface area contributed by atoms with Gasteiger partial charge in [-0.3, -0.25) is 9.59 Å². The van der Waals surface area contributed by atoms with Crippen molar-refractivity contribution in [2.75, 3.05) is 0 Å². The molecule has 0 aliphatic heterocycles. The SMILES string of the molecule is CCc1ccccc1C(=O)CCC(=O)c1ccc2[nH]ccc2c1. The van der Waals surface area contributed by atoms with Crippen LogP contribution in [0.5, 0.6) is 0 Å². The van der Waals surface area contributed by atoms with Gasteiger partial charge in [-0.1, -0.05) is 31.2 Å². The topological polar surface area (TPSA) is 49.9 Å². The molecule has 23 heavy (non-hydrogen) atoms. The summed E-state index contributed by atoms with van der Waals surface area (Å²) in [7, 11) is 0. The van der Waals surface area contributed by atoms with E-state index in [1.807, 2.05) is 61.7 Å². The van der Waals surface area contributed by atoms with Gasteiger partial charge in [0.2, 0.25) is 0 Å². The Morgan fingerprint density at radius 2 is 1.74 bits per heavy atom. The fourth-order valence-electron chi connectivity index (χ4n) is 2.83. The first-order valence-electron chi connectivity index (χ1n) is 7.90. The molecule has 116 valence electrons. The number of aryl methyl sites for hydroxylation is 1. The van der Waals surface area contributed by atoms with E-state index in [-0.39, 0.29) is 24.4 Å². The minimum Gasteiger partial charge on any atom is -0.361 e. The number of aromatic amines is 1. The zero-order valence-electron chi connectivity index (χ0n) is 13.1. The van der Waals surface area contributed by atoms with Crippen LogP contribution in [0.15, 0.2) is 54.7 Å². The average Bonchev–Trinajstić information content (AvgIpc) is 3.06. The quantitative estimate of drug-likeness (QED) is 0.678. The summed E-state index contributed by atoms with van der Waals surface area (Å²) < 4.78 is 0. The summed E-state index contributed by atoms with van der Waals surface area (Å²) >= 11 is 0. The lowest BCUT2D eigenvalue weighted by Crippen LogP contribution is -2.07. The molecule has 1 N–H and O–H groups in total. The zero-order chi connectivity index (χ0) is 16.2. The number of H-pyrrole nitrogens is 1. The lowest BCUT2D eigenvalue weighted by Gasteiger charge is -2.06. The Hall–Kier alpha value is -2.68. The molecule has 0 saturated carbocycles. The van der Waals surface area contributed by atoms with Gasteiger partial charge in [0.1, 0.15) is 0 Å². The average molecular weight is 305 g/mol. The van der Waals surface area contributed by atoms with E-state index in [1.165, 1.54) is 0 Å². The molecule has 0 unspecified atom stereocenters. The van der Waals surface area contributed by atoms with E-state index in [0.717, 1.165) is 28.5 Å². The predicted octanol–water partition coefficient (Wildman–Crippen LogP) is 4.58.